The van der Waals surface area contributed by atoms with Crippen LogP contribution in [0.4, 0.5) is 0 Å². The average molecular weight is 254 g/mol. The van der Waals surface area contributed by atoms with E-state index in [1.807, 2.05) is 13.8 Å². The number of hydrogen-bond acceptors (Lipinski definition) is 4. The molecule has 0 saturated carbocycles. The normalized spacial score (nSPS) is 12.7. The lowest BCUT2D eigenvalue weighted by atomic mass is 9.95. The van der Waals surface area contributed by atoms with Crippen molar-refractivity contribution in [3.05, 3.63) is 22.2 Å². The summed E-state index contributed by atoms with van der Waals surface area (Å²) in [6, 6.07) is 1.77. The molecule has 1 aromatic carbocycles. The molecule has 0 amide bonds. The standard InChI is InChI=1S/C12H12ClNO3/c1-7(2)10-8(4-14-5-15)3-9(13)11-12(10)17-6-16-11/h3,7H,4,6H2,1-2H3. The molecule has 0 spiro atoms. The number of rotatable bonds is 3. The van der Waals surface area contributed by atoms with Crippen LogP contribution >= 0.6 is 11.6 Å². The summed E-state index contributed by atoms with van der Waals surface area (Å²) in [5.41, 5.74) is 1.86. The van der Waals surface area contributed by atoms with Crippen LogP contribution in [0, 0.1) is 0 Å². The number of nitrogens with zero attached hydrogens (tertiary/aromatic N) is 1. The minimum absolute atomic E-state index is 0.176. The molecule has 1 heterocycles. The molecule has 0 bridgehead atoms. The molecule has 0 atom stereocenters. The first kappa shape index (κ1) is 12.0. The molecule has 2 rings (SSSR count). The number of ether oxygens (including phenoxy) is 2. The smallest absolute Gasteiger partial charge is 0.235 e. The quantitative estimate of drug-likeness (QED) is 0.614. The summed E-state index contributed by atoms with van der Waals surface area (Å²) < 4.78 is 10.8. The van der Waals surface area contributed by atoms with Gasteiger partial charge in [-0.05, 0) is 17.5 Å². The van der Waals surface area contributed by atoms with E-state index in [0.29, 0.717) is 16.5 Å². The molecule has 17 heavy (non-hydrogen) atoms. The van der Waals surface area contributed by atoms with Gasteiger partial charge in [-0.3, -0.25) is 0 Å². The van der Waals surface area contributed by atoms with Crippen LogP contribution in [0.25, 0.3) is 0 Å². The summed E-state index contributed by atoms with van der Waals surface area (Å²) in [6.45, 7) is 4.52. The first-order valence-corrected chi connectivity index (χ1v) is 5.67. The molecular weight excluding hydrogens is 242 g/mol. The van der Waals surface area contributed by atoms with Gasteiger partial charge in [-0.25, -0.2) is 9.79 Å². The molecule has 4 nitrogen and oxygen atoms in total. The Kier molecular flexibility index (Phi) is 3.36. The third-order valence-corrected chi connectivity index (χ3v) is 2.89. The van der Waals surface area contributed by atoms with Gasteiger partial charge in [0.2, 0.25) is 12.9 Å². The Bertz CT molecular complexity index is 493. The molecule has 1 aliphatic rings. The van der Waals surface area contributed by atoms with E-state index in [0.717, 1.165) is 11.1 Å². The topological polar surface area (TPSA) is 47.9 Å². The fourth-order valence-electron chi connectivity index (χ4n) is 1.98. The van der Waals surface area contributed by atoms with E-state index in [9.17, 15) is 4.79 Å². The first-order valence-electron chi connectivity index (χ1n) is 5.29. The van der Waals surface area contributed by atoms with Crippen LogP contribution in [-0.4, -0.2) is 12.9 Å². The van der Waals surface area contributed by atoms with E-state index in [2.05, 4.69) is 4.99 Å². The summed E-state index contributed by atoms with van der Waals surface area (Å²) in [7, 11) is 0. The zero-order chi connectivity index (χ0) is 12.4. The largest absolute Gasteiger partial charge is 0.453 e. The van der Waals surface area contributed by atoms with Gasteiger partial charge in [0, 0.05) is 5.56 Å². The summed E-state index contributed by atoms with van der Waals surface area (Å²) in [6.07, 6.45) is 1.53. The van der Waals surface area contributed by atoms with Crippen LogP contribution in [0.5, 0.6) is 11.5 Å². The minimum Gasteiger partial charge on any atom is -0.453 e. The van der Waals surface area contributed by atoms with E-state index in [-0.39, 0.29) is 19.3 Å². The van der Waals surface area contributed by atoms with Crippen LogP contribution in [0.2, 0.25) is 5.02 Å². The predicted molar refractivity (Wildman–Crippen MR) is 63.5 cm³/mol. The Labute approximate surface area is 104 Å². The fourth-order valence-corrected chi connectivity index (χ4v) is 2.25. The van der Waals surface area contributed by atoms with E-state index < -0.39 is 0 Å². The van der Waals surface area contributed by atoms with Gasteiger partial charge >= 0.3 is 0 Å². The zero-order valence-corrected chi connectivity index (χ0v) is 10.4. The number of fused-ring (bicyclic) bond motifs is 1. The van der Waals surface area contributed by atoms with Gasteiger partial charge in [-0.15, -0.1) is 0 Å². The summed E-state index contributed by atoms with van der Waals surface area (Å²) in [5.74, 6) is 1.48. The van der Waals surface area contributed by atoms with Crippen LogP contribution in [0.1, 0.15) is 30.9 Å². The van der Waals surface area contributed by atoms with Crippen LogP contribution in [-0.2, 0) is 11.3 Å². The lowest BCUT2D eigenvalue weighted by Gasteiger charge is -2.14. The number of hydrogen-bond donors (Lipinski definition) is 0. The van der Waals surface area contributed by atoms with Crippen molar-refractivity contribution in [1.29, 1.82) is 0 Å². The maximum atomic E-state index is 10.2. The highest BCUT2D eigenvalue weighted by Gasteiger charge is 2.25. The lowest BCUT2D eigenvalue weighted by molar-refractivity contribution is 0.173. The van der Waals surface area contributed by atoms with Crippen LogP contribution in [0.15, 0.2) is 11.1 Å². The second-order valence-corrected chi connectivity index (χ2v) is 4.47. The second-order valence-electron chi connectivity index (χ2n) is 4.06. The predicted octanol–water partition coefficient (Wildman–Crippen LogP) is 3.03. The first-order chi connectivity index (χ1) is 8.15. The number of benzene rings is 1. The van der Waals surface area contributed by atoms with E-state index in [4.69, 9.17) is 21.1 Å². The molecule has 1 aliphatic heterocycles. The van der Waals surface area contributed by atoms with E-state index >= 15 is 0 Å². The van der Waals surface area contributed by atoms with Gasteiger partial charge in [-0.1, -0.05) is 25.4 Å². The maximum absolute atomic E-state index is 10.2. The van der Waals surface area contributed by atoms with Crippen molar-refractivity contribution in [1.82, 2.24) is 0 Å². The van der Waals surface area contributed by atoms with Crippen molar-refractivity contribution in [2.45, 2.75) is 26.3 Å². The van der Waals surface area contributed by atoms with Gasteiger partial charge in [0.15, 0.2) is 11.5 Å². The summed E-state index contributed by atoms with van der Waals surface area (Å²) in [4.78, 5) is 13.8. The Morgan fingerprint density at radius 1 is 1.47 bits per heavy atom. The monoisotopic (exact) mass is 253 g/mol. The molecule has 0 unspecified atom stereocenters. The number of aliphatic imine (C=N–C) groups is 1. The lowest BCUT2D eigenvalue weighted by Crippen LogP contribution is -1.99. The number of carbonyl (C=O) groups excluding carboxylic acids is 1. The van der Waals surface area contributed by atoms with Crippen LogP contribution < -0.4 is 9.47 Å². The molecule has 0 N–H and O–H groups in total. The molecule has 0 saturated heterocycles. The second kappa shape index (κ2) is 4.78. The minimum atomic E-state index is 0.176. The molecule has 0 radical (unpaired) electrons. The molecule has 1 aromatic rings. The van der Waals surface area contributed by atoms with Gasteiger partial charge in [0.1, 0.15) is 0 Å². The van der Waals surface area contributed by atoms with Crippen molar-refractivity contribution >= 4 is 17.7 Å². The highest BCUT2D eigenvalue weighted by atomic mass is 35.5. The summed E-state index contributed by atoms with van der Waals surface area (Å²) in [5, 5.41) is 0.484. The van der Waals surface area contributed by atoms with Gasteiger partial charge in [-0.2, -0.15) is 0 Å². The van der Waals surface area contributed by atoms with Crippen LogP contribution in [0.3, 0.4) is 0 Å². The third kappa shape index (κ3) is 2.14. The highest BCUT2D eigenvalue weighted by Crippen LogP contribution is 2.46. The SMILES string of the molecule is CC(C)c1c(CN=C=O)cc(Cl)c2c1OCO2. The van der Waals surface area contributed by atoms with Gasteiger partial charge in [0.25, 0.3) is 0 Å². The Hall–Kier alpha value is -1.51. The molecule has 5 heteroatoms. The summed E-state index contributed by atoms with van der Waals surface area (Å²) >= 11 is 6.09. The zero-order valence-electron chi connectivity index (χ0n) is 9.62. The third-order valence-electron chi connectivity index (χ3n) is 2.61. The fraction of sp³-hybridized carbons (Fsp3) is 0.417. The van der Waals surface area contributed by atoms with Crippen molar-refractivity contribution in [2.75, 3.05) is 6.79 Å². The van der Waals surface area contributed by atoms with Crippen molar-refractivity contribution in [2.24, 2.45) is 4.99 Å². The molecule has 0 aliphatic carbocycles. The Balaban J connectivity index is 2.58. The van der Waals surface area contributed by atoms with Crippen molar-refractivity contribution in [3.8, 4) is 11.5 Å². The van der Waals surface area contributed by atoms with Crippen molar-refractivity contribution < 1.29 is 14.3 Å². The Morgan fingerprint density at radius 3 is 2.82 bits per heavy atom. The number of isocyanates is 1. The molecule has 90 valence electrons. The van der Waals surface area contributed by atoms with Gasteiger partial charge in [0.05, 0.1) is 11.6 Å². The van der Waals surface area contributed by atoms with E-state index in [1.165, 1.54) is 6.08 Å². The molecule has 0 fully saturated rings. The molecule has 0 aromatic heterocycles. The van der Waals surface area contributed by atoms with Gasteiger partial charge < -0.3 is 9.47 Å². The molecular formula is C12H12ClNO3. The van der Waals surface area contributed by atoms with E-state index in [1.54, 1.807) is 6.07 Å². The number of halogens is 1. The maximum Gasteiger partial charge on any atom is 0.235 e. The average Bonchev–Trinajstić information content (AvgIpc) is 2.74. The highest BCUT2D eigenvalue weighted by molar-refractivity contribution is 6.32. The Morgan fingerprint density at radius 2 is 2.18 bits per heavy atom. The van der Waals surface area contributed by atoms with Crippen molar-refractivity contribution in [3.63, 3.8) is 0 Å².